The third-order valence-corrected chi connectivity index (χ3v) is 4.59. The molecule has 0 atom stereocenters. The predicted molar refractivity (Wildman–Crippen MR) is 108 cm³/mol. The molecule has 2 aromatic rings. The van der Waals surface area contributed by atoms with Crippen LogP contribution < -0.4 is 0 Å². The molecule has 0 nitrogen and oxygen atoms in total. The van der Waals surface area contributed by atoms with Gasteiger partial charge < -0.3 is 0 Å². The Morgan fingerprint density at radius 1 is 0.667 bits per heavy atom. The fourth-order valence-corrected chi connectivity index (χ4v) is 3.06. The lowest BCUT2D eigenvalue weighted by molar-refractivity contribution is 0.936. The van der Waals surface area contributed by atoms with Gasteiger partial charge in [0.1, 0.15) is 0 Å². The monoisotopic (exact) mass is 318 g/mol. The molecule has 0 heteroatoms. The van der Waals surface area contributed by atoms with Crippen LogP contribution in [0.15, 0.2) is 59.7 Å². The van der Waals surface area contributed by atoms with Crippen molar-refractivity contribution in [1.29, 1.82) is 0 Å². The molecule has 0 radical (unpaired) electrons. The van der Waals surface area contributed by atoms with Crippen molar-refractivity contribution in [2.75, 3.05) is 0 Å². The molecule has 2 rings (SSSR count). The number of aryl methyl sites for hydroxylation is 2. The van der Waals surface area contributed by atoms with Gasteiger partial charge in [-0.3, -0.25) is 0 Å². The number of allylic oxidation sites excluding steroid dienone is 2. The molecular formula is C24H30. The molecule has 0 amide bonds. The number of hydrogen-bond acceptors (Lipinski definition) is 0. The quantitative estimate of drug-likeness (QED) is 0.511. The summed E-state index contributed by atoms with van der Waals surface area (Å²) >= 11 is 0. The van der Waals surface area contributed by atoms with Crippen LogP contribution in [0, 0.1) is 0 Å². The van der Waals surface area contributed by atoms with Crippen molar-refractivity contribution in [1.82, 2.24) is 0 Å². The average molecular weight is 319 g/mol. The maximum Gasteiger partial charge on any atom is -0.0225 e. The van der Waals surface area contributed by atoms with Crippen LogP contribution >= 0.6 is 0 Å². The topological polar surface area (TPSA) is 0 Å². The van der Waals surface area contributed by atoms with Crippen molar-refractivity contribution in [2.24, 2.45) is 0 Å². The minimum absolute atomic E-state index is 1.09. The van der Waals surface area contributed by atoms with E-state index in [0.29, 0.717) is 0 Å². The number of benzene rings is 2. The molecular weight excluding hydrogens is 288 g/mol. The molecule has 0 aliphatic heterocycles. The summed E-state index contributed by atoms with van der Waals surface area (Å²) < 4.78 is 0. The molecule has 0 saturated carbocycles. The summed E-state index contributed by atoms with van der Waals surface area (Å²) in [6.07, 6.45) is 9.13. The van der Waals surface area contributed by atoms with Crippen molar-refractivity contribution in [3.8, 4) is 0 Å². The molecule has 0 N–H and O–H groups in total. The molecule has 0 unspecified atom stereocenters. The normalized spacial score (nSPS) is 12.5. The fourth-order valence-electron chi connectivity index (χ4n) is 3.06. The predicted octanol–water partition coefficient (Wildman–Crippen LogP) is 7.10. The zero-order valence-electron chi connectivity index (χ0n) is 15.6. The van der Waals surface area contributed by atoms with E-state index in [2.05, 4.69) is 88.4 Å². The van der Waals surface area contributed by atoms with Crippen LogP contribution in [-0.4, -0.2) is 0 Å². The van der Waals surface area contributed by atoms with Crippen LogP contribution in [0.3, 0.4) is 0 Å². The van der Waals surface area contributed by atoms with Crippen LogP contribution in [0.5, 0.6) is 0 Å². The summed E-state index contributed by atoms with van der Waals surface area (Å²) in [7, 11) is 0. The largest absolute Gasteiger partial charge is 0.0724 e. The van der Waals surface area contributed by atoms with Gasteiger partial charge >= 0.3 is 0 Å². The summed E-state index contributed by atoms with van der Waals surface area (Å²) in [5.41, 5.74) is 8.51. The second kappa shape index (κ2) is 9.27. The molecule has 126 valence electrons. The zero-order valence-corrected chi connectivity index (χ0v) is 15.6. The Kier molecular flexibility index (Phi) is 7.06. The maximum absolute atomic E-state index is 2.35. The Labute approximate surface area is 147 Å². The van der Waals surface area contributed by atoms with E-state index in [4.69, 9.17) is 0 Å². The molecule has 2 aromatic carbocycles. The molecule has 24 heavy (non-hydrogen) atoms. The molecule has 0 heterocycles. The minimum atomic E-state index is 1.09. The van der Waals surface area contributed by atoms with Gasteiger partial charge in [-0.05, 0) is 61.8 Å². The molecule has 0 spiro atoms. The van der Waals surface area contributed by atoms with Crippen LogP contribution in [0.4, 0.5) is 0 Å². The van der Waals surface area contributed by atoms with Gasteiger partial charge in [0.25, 0.3) is 0 Å². The van der Waals surface area contributed by atoms with Crippen molar-refractivity contribution in [3.63, 3.8) is 0 Å². The Morgan fingerprint density at radius 3 is 1.42 bits per heavy atom. The second-order valence-electron chi connectivity index (χ2n) is 6.59. The highest BCUT2D eigenvalue weighted by molar-refractivity contribution is 5.58. The van der Waals surface area contributed by atoms with Crippen LogP contribution in [0.1, 0.15) is 62.8 Å². The fraction of sp³-hybridized carbons (Fsp3) is 0.333. The van der Waals surface area contributed by atoms with E-state index >= 15 is 0 Å². The van der Waals surface area contributed by atoms with Gasteiger partial charge in [0.15, 0.2) is 0 Å². The summed E-state index contributed by atoms with van der Waals surface area (Å²) in [5.74, 6) is 0. The van der Waals surface area contributed by atoms with E-state index in [-0.39, 0.29) is 0 Å². The van der Waals surface area contributed by atoms with Crippen LogP contribution in [-0.2, 0) is 12.8 Å². The lowest BCUT2D eigenvalue weighted by Gasteiger charge is -2.08. The molecule has 0 bridgehead atoms. The highest BCUT2D eigenvalue weighted by Gasteiger charge is 2.00. The van der Waals surface area contributed by atoms with Gasteiger partial charge in [-0.15, -0.1) is 0 Å². The first-order valence-electron chi connectivity index (χ1n) is 9.14. The van der Waals surface area contributed by atoms with E-state index in [1.54, 1.807) is 0 Å². The SMILES string of the molecule is CCc1ccccc1/C=C(\C)CC/C(C)=C/c1ccccc1CC. The summed E-state index contributed by atoms with van der Waals surface area (Å²) in [5, 5.41) is 0. The first kappa shape index (κ1) is 18.3. The highest BCUT2D eigenvalue weighted by atomic mass is 14.1. The van der Waals surface area contributed by atoms with E-state index in [9.17, 15) is 0 Å². The Bertz CT molecular complexity index is 653. The number of hydrogen-bond donors (Lipinski definition) is 0. The highest BCUT2D eigenvalue weighted by Crippen LogP contribution is 2.20. The summed E-state index contributed by atoms with van der Waals surface area (Å²) in [4.78, 5) is 0. The molecule has 0 aliphatic rings. The van der Waals surface area contributed by atoms with Gasteiger partial charge in [-0.25, -0.2) is 0 Å². The third kappa shape index (κ3) is 5.23. The smallest absolute Gasteiger partial charge is 0.0225 e. The van der Waals surface area contributed by atoms with Crippen LogP contribution in [0.2, 0.25) is 0 Å². The van der Waals surface area contributed by atoms with E-state index in [1.807, 2.05) is 0 Å². The Hall–Kier alpha value is -2.08. The first-order chi connectivity index (χ1) is 11.6. The van der Waals surface area contributed by atoms with Gasteiger partial charge in [0, 0.05) is 0 Å². The van der Waals surface area contributed by atoms with E-state index < -0.39 is 0 Å². The summed E-state index contributed by atoms with van der Waals surface area (Å²) in [6.45, 7) is 8.94. The number of rotatable bonds is 7. The lowest BCUT2D eigenvalue weighted by atomic mass is 9.98. The van der Waals surface area contributed by atoms with Crippen LogP contribution in [0.25, 0.3) is 12.2 Å². The first-order valence-corrected chi connectivity index (χ1v) is 9.14. The molecule has 0 fully saturated rings. The van der Waals surface area contributed by atoms with E-state index in [0.717, 1.165) is 25.7 Å². The Balaban J connectivity index is 2.04. The average Bonchev–Trinajstić information content (AvgIpc) is 2.61. The summed E-state index contributed by atoms with van der Waals surface area (Å²) in [6, 6.07) is 17.4. The van der Waals surface area contributed by atoms with Gasteiger partial charge in [0.05, 0.1) is 0 Å². The van der Waals surface area contributed by atoms with Gasteiger partial charge in [-0.2, -0.15) is 0 Å². The molecule has 0 saturated heterocycles. The van der Waals surface area contributed by atoms with Crippen molar-refractivity contribution < 1.29 is 0 Å². The van der Waals surface area contributed by atoms with Crippen molar-refractivity contribution >= 4 is 12.2 Å². The van der Waals surface area contributed by atoms with Gasteiger partial charge in [-0.1, -0.05) is 85.7 Å². The maximum atomic E-state index is 2.35. The lowest BCUT2D eigenvalue weighted by Crippen LogP contribution is -1.88. The zero-order chi connectivity index (χ0) is 17.4. The minimum Gasteiger partial charge on any atom is -0.0724 e. The van der Waals surface area contributed by atoms with E-state index in [1.165, 1.54) is 33.4 Å². The van der Waals surface area contributed by atoms with Crippen molar-refractivity contribution in [2.45, 2.75) is 53.4 Å². The standard InChI is InChI=1S/C24H30/c1-5-21-11-7-9-13-23(21)17-19(3)15-16-20(4)18-24-14-10-8-12-22(24)6-2/h7-14,17-18H,5-6,15-16H2,1-4H3/b19-17+,20-18+. The Morgan fingerprint density at radius 2 is 1.04 bits per heavy atom. The molecule has 0 aromatic heterocycles. The second-order valence-corrected chi connectivity index (χ2v) is 6.59. The molecule has 0 aliphatic carbocycles. The van der Waals surface area contributed by atoms with Crippen molar-refractivity contribution in [3.05, 3.63) is 81.9 Å². The van der Waals surface area contributed by atoms with Gasteiger partial charge in [0.2, 0.25) is 0 Å². The third-order valence-electron chi connectivity index (χ3n) is 4.59.